The Bertz CT molecular complexity index is 678. The average molecular weight is 318 g/mol. The molecular formula is C16H19FN4O2. The molecular weight excluding hydrogens is 299 g/mol. The van der Waals surface area contributed by atoms with Crippen LogP contribution in [0.15, 0.2) is 28.8 Å². The summed E-state index contributed by atoms with van der Waals surface area (Å²) in [4.78, 5) is 20.7. The van der Waals surface area contributed by atoms with Crippen LogP contribution in [0.25, 0.3) is 0 Å². The summed E-state index contributed by atoms with van der Waals surface area (Å²) >= 11 is 0. The summed E-state index contributed by atoms with van der Waals surface area (Å²) < 4.78 is 18.2. The highest BCUT2D eigenvalue weighted by atomic mass is 19.1. The fraction of sp³-hybridized carbons (Fsp3) is 0.438. The fourth-order valence-corrected chi connectivity index (χ4v) is 2.73. The van der Waals surface area contributed by atoms with Crippen LogP contribution in [-0.4, -0.2) is 52.0 Å². The van der Waals surface area contributed by atoms with E-state index in [-0.39, 0.29) is 17.8 Å². The van der Waals surface area contributed by atoms with Gasteiger partial charge >= 0.3 is 0 Å². The van der Waals surface area contributed by atoms with Crippen molar-refractivity contribution in [1.29, 1.82) is 0 Å². The van der Waals surface area contributed by atoms with E-state index in [1.54, 1.807) is 11.8 Å². The zero-order valence-electron chi connectivity index (χ0n) is 13.2. The van der Waals surface area contributed by atoms with Gasteiger partial charge in [-0.15, -0.1) is 0 Å². The first-order valence-corrected chi connectivity index (χ1v) is 7.63. The number of aryl methyl sites for hydroxylation is 1. The van der Waals surface area contributed by atoms with E-state index in [1.165, 1.54) is 24.3 Å². The molecule has 0 bridgehead atoms. The number of hydrogen-bond acceptors (Lipinski definition) is 5. The molecule has 1 aromatic heterocycles. The monoisotopic (exact) mass is 318 g/mol. The second-order valence-electron chi connectivity index (χ2n) is 5.69. The number of nitrogens with zero attached hydrogens (tertiary/aromatic N) is 4. The molecule has 1 fully saturated rings. The van der Waals surface area contributed by atoms with Crippen LogP contribution < -0.4 is 0 Å². The Morgan fingerprint density at radius 2 is 1.87 bits per heavy atom. The molecule has 0 spiro atoms. The van der Waals surface area contributed by atoms with E-state index < -0.39 is 0 Å². The smallest absolute Gasteiger partial charge is 0.253 e. The lowest BCUT2D eigenvalue weighted by Gasteiger charge is -2.36. The Labute approximate surface area is 133 Å². The van der Waals surface area contributed by atoms with E-state index in [1.807, 2.05) is 6.92 Å². The largest absolute Gasteiger partial charge is 0.338 e. The van der Waals surface area contributed by atoms with E-state index in [9.17, 15) is 9.18 Å². The van der Waals surface area contributed by atoms with Crippen LogP contribution >= 0.6 is 0 Å². The lowest BCUT2D eigenvalue weighted by Crippen LogP contribution is -2.49. The van der Waals surface area contributed by atoms with Crippen LogP contribution in [0, 0.1) is 12.7 Å². The quantitative estimate of drug-likeness (QED) is 0.866. The molecule has 0 saturated carbocycles. The molecule has 1 saturated heterocycles. The van der Waals surface area contributed by atoms with Crippen molar-refractivity contribution in [1.82, 2.24) is 19.9 Å². The minimum Gasteiger partial charge on any atom is -0.338 e. The van der Waals surface area contributed by atoms with Gasteiger partial charge in [-0.2, -0.15) is 4.98 Å². The number of amides is 1. The van der Waals surface area contributed by atoms with E-state index in [2.05, 4.69) is 15.0 Å². The molecule has 1 amide bonds. The van der Waals surface area contributed by atoms with Crippen molar-refractivity contribution in [3.05, 3.63) is 47.4 Å². The molecule has 1 aromatic carbocycles. The second-order valence-corrected chi connectivity index (χ2v) is 5.69. The zero-order valence-corrected chi connectivity index (χ0v) is 13.2. The number of piperazine rings is 1. The van der Waals surface area contributed by atoms with E-state index >= 15 is 0 Å². The molecule has 23 heavy (non-hydrogen) atoms. The third kappa shape index (κ3) is 3.39. The van der Waals surface area contributed by atoms with Crippen LogP contribution in [0.5, 0.6) is 0 Å². The van der Waals surface area contributed by atoms with Crippen molar-refractivity contribution in [2.75, 3.05) is 26.2 Å². The Kier molecular flexibility index (Phi) is 4.38. The number of benzene rings is 1. The number of hydrogen-bond donors (Lipinski definition) is 0. The molecule has 7 heteroatoms. The summed E-state index contributed by atoms with van der Waals surface area (Å²) in [7, 11) is 0. The normalized spacial score (nSPS) is 17.3. The molecule has 0 N–H and O–H groups in total. The van der Waals surface area contributed by atoms with Gasteiger partial charge in [0.2, 0.25) is 5.89 Å². The van der Waals surface area contributed by atoms with Crippen LogP contribution in [0.1, 0.15) is 35.0 Å². The molecule has 1 aliphatic rings. The number of carbonyl (C=O) groups is 1. The minimum absolute atomic E-state index is 0.0271. The molecule has 122 valence electrons. The molecule has 2 heterocycles. The molecule has 3 rings (SSSR count). The minimum atomic E-state index is -0.338. The van der Waals surface area contributed by atoms with Gasteiger partial charge in [0.25, 0.3) is 5.91 Å². The maximum Gasteiger partial charge on any atom is 0.253 e. The van der Waals surface area contributed by atoms with Gasteiger partial charge in [0.05, 0.1) is 6.04 Å². The fourth-order valence-electron chi connectivity index (χ4n) is 2.73. The highest BCUT2D eigenvalue weighted by Gasteiger charge is 2.27. The predicted molar refractivity (Wildman–Crippen MR) is 81.3 cm³/mol. The summed E-state index contributed by atoms with van der Waals surface area (Å²) in [6.45, 7) is 6.51. The lowest BCUT2D eigenvalue weighted by atomic mass is 10.1. The van der Waals surface area contributed by atoms with Crippen molar-refractivity contribution in [3.63, 3.8) is 0 Å². The van der Waals surface area contributed by atoms with Gasteiger partial charge < -0.3 is 9.42 Å². The standard InChI is InChI=1S/C16H19FN4O2/c1-11(15-18-12(2)19-23-15)20-7-9-21(10-8-20)16(22)13-3-5-14(17)6-4-13/h3-6,11H,7-10H2,1-2H3/t11-/m1/s1. The first kappa shape index (κ1) is 15.6. The Morgan fingerprint density at radius 3 is 2.43 bits per heavy atom. The topological polar surface area (TPSA) is 62.5 Å². The number of aromatic nitrogens is 2. The van der Waals surface area contributed by atoms with E-state index in [4.69, 9.17) is 4.52 Å². The third-order valence-electron chi connectivity index (χ3n) is 4.14. The van der Waals surface area contributed by atoms with Crippen molar-refractivity contribution in [2.45, 2.75) is 19.9 Å². The highest BCUT2D eigenvalue weighted by molar-refractivity contribution is 5.94. The van der Waals surface area contributed by atoms with Gasteiger partial charge in [-0.1, -0.05) is 5.16 Å². The molecule has 1 atom stereocenters. The van der Waals surface area contributed by atoms with Gasteiger partial charge in [0.1, 0.15) is 5.82 Å². The number of carbonyl (C=O) groups excluding carboxylic acids is 1. The Balaban J connectivity index is 1.59. The second kappa shape index (κ2) is 6.45. The van der Waals surface area contributed by atoms with E-state index in [0.717, 1.165) is 13.1 Å². The van der Waals surface area contributed by atoms with Crippen molar-refractivity contribution < 1.29 is 13.7 Å². The van der Waals surface area contributed by atoms with Crippen LogP contribution in [0.3, 0.4) is 0 Å². The van der Waals surface area contributed by atoms with Crippen molar-refractivity contribution in [2.24, 2.45) is 0 Å². The van der Waals surface area contributed by atoms with Gasteiger partial charge in [0, 0.05) is 31.7 Å². The summed E-state index contributed by atoms with van der Waals surface area (Å²) in [5, 5.41) is 3.81. The van der Waals surface area contributed by atoms with Crippen molar-refractivity contribution in [3.8, 4) is 0 Å². The average Bonchev–Trinajstić information content (AvgIpc) is 3.01. The van der Waals surface area contributed by atoms with Gasteiger partial charge in [-0.05, 0) is 38.1 Å². The summed E-state index contributed by atoms with van der Waals surface area (Å²) in [5.74, 6) is 0.818. The van der Waals surface area contributed by atoms with Crippen LogP contribution in [-0.2, 0) is 0 Å². The van der Waals surface area contributed by atoms with Gasteiger partial charge in [-0.3, -0.25) is 9.69 Å². The van der Waals surface area contributed by atoms with Crippen LogP contribution in [0.2, 0.25) is 0 Å². The first-order chi connectivity index (χ1) is 11.0. The predicted octanol–water partition coefficient (Wildman–Crippen LogP) is 2.04. The summed E-state index contributed by atoms with van der Waals surface area (Å²) in [5.41, 5.74) is 0.514. The third-order valence-corrected chi connectivity index (χ3v) is 4.14. The van der Waals surface area contributed by atoms with E-state index in [0.29, 0.717) is 30.4 Å². The summed E-state index contributed by atoms with van der Waals surface area (Å²) in [6.07, 6.45) is 0. The zero-order chi connectivity index (χ0) is 16.4. The number of rotatable bonds is 3. The maximum absolute atomic E-state index is 12.9. The van der Waals surface area contributed by atoms with Gasteiger partial charge in [-0.25, -0.2) is 4.39 Å². The number of halogens is 1. The Hall–Kier alpha value is -2.28. The first-order valence-electron chi connectivity index (χ1n) is 7.63. The summed E-state index contributed by atoms with van der Waals surface area (Å²) in [6, 6.07) is 5.69. The van der Waals surface area contributed by atoms with Crippen LogP contribution in [0.4, 0.5) is 4.39 Å². The Morgan fingerprint density at radius 1 is 1.22 bits per heavy atom. The SMILES string of the molecule is Cc1noc([C@@H](C)N2CCN(C(=O)c3ccc(F)cc3)CC2)n1. The molecule has 0 radical (unpaired) electrons. The van der Waals surface area contributed by atoms with Crippen molar-refractivity contribution >= 4 is 5.91 Å². The molecule has 0 unspecified atom stereocenters. The van der Waals surface area contributed by atoms with Gasteiger partial charge in [0.15, 0.2) is 5.82 Å². The highest BCUT2D eigenvalue weighted by Crippen LogP contribution is 2.20. The molecule has 2 aromatic rings. The lowest BCUT2D eigenvalue weighted by molar-refractivity contribution is 0.0551. The molecule has 0 aliphatic carbocycles. The molecule has 1 aliphatic heterocycles. The molecule has 6 nitrogen and oxygen atoms in total. The maximum atomic E-state index is 12.9.